The monoisotopic (exact) mass is 383 g/mol. The minimum atomic E-state index is -4.66. The first-order chi connectivity index (χ1) is 12.4. The second kappa shape index (κ2) is 6.05. The number of aromatic nitrogens is 2. The van der Waals surface area contributed by atoms with Gasteiger partial charge in [0, 0.05) is 24.8 Å². The second-order valence-corrected chi connectivity index (χ2v) is 6.42. The van der Waals surface area contributed by atoms with Gasteiger partial charge in [0.2, 0.25) is 0 Å². The molecule has 0 radical (unpaired) electrons. The number of hydrogen-bond donors (Lipinski definition) is 0. The minimum Gasteiger partial charge on any atom is -0.464 e. The molecule has 5 nitrogen and oxygen atoms in total. The largest absolute Gasteiger partial charge is 0.464 e. The molecule has 0 atom stereocenters. The fourth-order valence-electron chi connectivity index (χ4n) is 3.11. The van der Waals surface area contributed by atoms with Gasteiger partial charge in [0.1, 0.15) is 10.9 Å². The van der Waals surface area contributed by atoms with E-state index in [1.807, 2.05) is 0 Å². The van der Waals surface area contributed by atoms with E-state index in [4.69, 9.17) is 16.0 Å². The number of imidazole rings is 1. The van der Waals surface area contributed by atoms with Crippen molar-refractivity contribution in [2.45, 2.75) is 19.0 Å². The van der Waals surface area contributed by atoms with Crippen molar-refractivity contribution >= 4 is 23.2 Å². The van der Waals surface area contributed by atoms with Crippen molar-refractivity contribution in [2.75, 3.05) is 13.1 Å². The molecule has 3 aromatic rings. The molecule has 26 heavy (non-hydrogen) atoms. The number of likely N-dealkylation sites (tertiary alicyclic amines) is 1. The zero-order valence-corrected chi connectivity index (χ0v) is 14.1. The second-order valence-electron chi connectivity index (χ2n) is 6.06. The van der Waals surface area contributed by atoms with Gasteiger partial charge in [-0.25, -0.2) is 4.98 Å². The van der Waals surface area contributed by atoms with Gasteiger partial charge >= 0.3 is 6.18 Å². The van der Waals surface area contributed by atoms with E-state index in [0.29, 0.717) is 13.1 Å². The molecule has 0 aromatic carbocycles. The van der Waals surface area contributed by atoms with Crippen molar-refractivity contribution in [3.63, 3.8) is 0 Å². The average Bonchev–Trinajstić information content (AvgIpc) is 3.34. The highest BCUT2D eigenvalue weighted by Crippen LogP contribution is 2.37. The fraction of sp³-hybridized carbons (Fsp3) is 0.294. The molecule has 0 unspecified atom stereocenters. The third-order valence-corrected chi connectivity index (χ3v) is 4.73. The minimum absolute atomic E-state index is 0.143. The highest BCUT2D eigenvalue weighted by atomic mass is 35.5. The zero-order valence-electron chi connectivity index (χ0n) is 13.4. The molecule has 4 heterocycles. The summed E-state index contributed by atoms with van der Waals surface area (Å²) in [6, 6.07) is 4.06. The Morgan fingerprint density at radius 3 is 2.62 bits per heavy atom. The smallest absolute Gasteiger partial charge is 0.420 e. The van der Waals surface area contributed by atoms with Crippen LogP contribution in [0.3, 0.4) is 0 Å². The molecule has 0 N–H and O–H groups in total. The molecule has 1 amide bonds. The van der Waals surface area contributed by atoms with Gasteiger partial charge in [-0.3, -0.25) is 9.20 Å². The molecule has 136 valence electrons. The van der Waals surface area contributed by atoms with Crippen molar-refractivity contribution in [2.24, 2.45) is 0 Å². The van der Waals surface area contributed by atoms with E-state index in [0.717, 1.165) is 23.3 Å². The zero-order chi connectivity index (χ0) is 18.5. The Bertz CT molecular complexity index is 973. The molecular weight excluding hydrogens is 371 g/mol. The van der Waals surface area contributed by atoms with E-state index in [9.17, 15) is 18.0 Å². The third kappa shape index (κ3) is 2.74. The lowest BCUT2D eigenvalue weighted by Gasteiger charge is -2.13. The lowest BCUT2D eigenvalue weighted by molar-refractivity contribution is -0.136. The van der Waals surface area contributed by atoms with Crippen LogP contribution in [0.25, 0.3) is 17.0 Å². The number of alkyl halides is 3. The number of carbonyl (C=O) groups is 1. The van der Waals surface area contributed by atoms with Gasteiger partial charge in [-0.15, -0.1) is 0 Å². The molecule has 1 aliphatic heterocycles. The third-order valence-electron chi connectivity index (χ3n) is 4.37. The first kappa shape index (κ1) is 17.0. The maximum Gasteiger partial charge on any atom is 0.420 e. The molecule has 0 bridgehead atoms. The van der Waals surface area contributed by atoms with E-state index < -0.39 is 23.3 Å². The summed E-state index contributed by atoms with van der Waals surface area (Å²) in [5, 5.41) is -0.143. The van der Waals surface area contributed by atoms with Gasteiger partial charge in [-0.1, -0.05) is 11.6 Å². The van der Waals surface area contributed by atoms with E-state index in [1.54, 1.807) is 17.0 Å². The number of halogens is 4. The Morgan fingerprint density at radius 1 is 1.27 bits per heavy atom. The summed E-state index contributed by atoms with van der Waals surface area (Å²) in [4.78, 5) is 18.1. The summed E-state index contributed by atoms with van der Waals surface area (Å²) >= 11 is 6.24. The molecular formula is C17H13ClF3N3O2. The molecule has 0 spiro atoms. The number of carbonyl (C=O) groups excluding carboxylic acids is 1. The maximum absolute atomic E-state index is 13.6. The van der Waals surface area contributed by atoms with Gasteiger partial charge in [-0.05, 0) is 31.0 Å². The predicted octanol–water partition coefficient (Wildman–Crippen LogP) is 4.50. The number of pyridine rings is 1. The lowest BCUT2D eigenvalue weighted by atomic mass is 10.1. The topological polar surface area (TPSA) is 50.8 Å². The molecule has 1 fully saturated rings. The van der Waals surface area contributed by atoms with E-state index in [1.165, 1.54) is 12.5 Å². The Balaban J connectivity index is 1.92. The molecule has 0 saturated carbocycles. The fourth-order valence-corrected chi connectivity index (χ4v) is 3.36. The summed E-state index contributed by atoms with van der Waals surface area (Å²) in [7, 11) is 0. The number of rotatable bonds is 2. The van der Waals surface area contributed by atoms with Crippen LogP contribution in [0.15, 0.2) is 35.1 Å². The number of amides is 1. The molecule has 0 aliphatic carbocycles. The SMILES string of the molecule is O=C(c1nc2c(C(F)(F)F)cc(-c3ccco3)cn2c1Cl)N1CCCC1. The Labute approximate surface area is 151 Å². The van der Waals surface area contributed by atoms with Crippen molar-refractivity contribution in [3.05, 3.63) is 47.1 Å². The maximum atomic E-state index is 13.6. The van der Waals surface area contributed by atoms with Crippen LogP contribution in [0.5, 0.6) is 0 Å². The number of fused-ring (bicyclic) bond motifs is 1. The van der Waals surface area contributed by atoms with E-state index in [2.05, 4.69) is 4.98 Å². The van der Waals surface area contributed by atoms with Crippen molar-refractivity contribution < 1.29 is 22.4 Å². The molecule has 3 aromatic heterocycles. The van der Waals surface area contributed by atoms with Gasteiger partial charge < -0.3 is 9.32 Å². The van der Waals surface area contributed by atoms with Crippen LogP contribution >= 0.6 is 11.6 Å². The molecule has 9 heteroatoms. The van der Waals surface area contributed by atoms with Crippen LogP contribution in [-0.2, 0) is 6.18 Å². The Morgan fingerprint density at radius 2 is 2.00 bits per heavy atom. The van der Waals surface area contributed by atoms with Crippen molar-refractivity contribution in [1.29, 1.82) is 0 Å². The number of nitrogens with zero attached hydrogens (tertiary/aromatic N) is 3. The summed E-state index contributed by atoms with van der Waals surface area (Å²) in [6.45, 7) is 1.10. The van der Waals surface area contributed by atoms with Crippen LogP contribution < -0.4 is 0 Å². The summed E-state index contributed by atoms with van der Waals surface area (Å²) in [5.74, 6) is -0.196. The predicted molar refractivity (Wildman–Crippen MR) is 88.0 cm³/mol. The van der Waals surface area contributed by atoms with Crippen LogP contribution in [-0.4, -0.2) is 33.3 Å². The van der Waals surface area contributed by atoms with Gasteiger partial charge in [0.25, 0.3) is 5.91 Å². The van der Waals surface area contributed by atoms with Crippen LogP contribution in [0, 0.1) is 0 Å². The highest BCUT2D eigenvalue weighted by molar-refractivity contribution is 6.33. The number of furan rings is 1. The first-order valence-electron chi connectivity index (χ1n) is 7.98. The first-order valence-corrected chi connectivity index (χ1v) is 8.36. The Hall–Kier alpha value is -2.48. The van der Waals surface area contributed by atoms with Gasteiger partial charge in [-0.2, -0.15) is 13.2 Å². The lowest BCUT2D eigenvalue weighted by Crippen LogP contribution is -2.28. The average molecular weight is 384 g/mol. The number of hydrogen-bond acceptors (Lipinski definition) is 3. The molecule has 1 saturated heterocycles. The van der Waals surface area contributed by atoms with Crippen molar-refractivity contribution in [3.8, 4) is 11.3 Å². The van der Waals surface area contributed by atoms with E-state index in [-0.39, 0.29) is 22.2 Å². The Kier molecular flexibility index (Phi) is 3.95. The quantitative estimate of drug-likeness (QED) is 0.654. The van der Waals surface area contributed by atoms with Crippen LogP contribution in [0.2, 0.25) is 5.15 Å². The standard InChI is InChI=1S/C17H13ClF3N3O2/c18-14-13(16(25)23-5-1-2-6-23)22-15-11(17(19,20)21)8-10(9-24(14)15)12-4-3-7-26-12/h3-4,7-9H,1-2,5-6H2. The summed E-state index contributed by atoms with van der Waals surface area (Å²) < 4.78 is 47.0. The summed E-state index contributed by atoms with van der Waals surface area (Å²) in [5.41, 5.74) is -1.36. The molecule has 1 aliphatic rings. The normalized spacial score (nSPS) is 15.2. The highest BCUT2D eigenvalue weighted by Gasteiger charge is 2.36. The summed E-state index contributed by atoms with van der Waals surface area (Å²) in [6.07, 6.45) is -0.197. The van der Waals surface area contributed by atoms with E-state index >= 15 is 0 Å². The molecule has 4 rings (SSSR count). The van der Waals surface area contributed by atoms with Crippen molar-refractivity contribution in [1.82, 2.24) is 14.3 Å². The van der Waals surface area contributed by atoms with Crippen LogP contribution in [0.1, 0.15) is 28.9 Å². The van der Waals surface area contributed by atoms with Gasteiger partial charge in [0.05, 0.1) is 11.8 Å². The van der Waals surface area contributed by atoms with Crippen LogP contribution in [0.4, 0.5) is 13.2 Å². The van der Waals surface area contributed by atoms with Gasteiger partial charge in [0.15, 0.2) is 11.3 Å².